The Morgan fingerprint density at radius 3 is 2.85 bits per heavy atom. The molecule has 10 nitrogen and oxygen atoms in total. The van der Waals surface area contributed by atoms with Crippen molar-refractivity contribution in [3.63, 3.8) is 0 Å². The van der Waals surface area contributed by atoms with Crippen molar-refractivity contribution in [1.82, 2.24) is 9.58 Å². The fourth-order valence-electron chi connectivity index (χ4n) is 5.08. The van der Waals surface area contributed by atoms with E-state index in [2.05, 4.69) is 4.74 Å². The summed E-state index contributed by atoms with van der Waals surface area (Å²) in [6.45, 7) is -0.0267. The number of pyridine rings is 1. The van der Waals surface area contributed by atoms with Gasteiger partial charge in [0.05, 0.1) is 24.5 Å². The fourth-order valence-corrected chi connectivity index (χ4v) is 7.27. The molecule has 0 aliphatic carbocycles. The molecule has 39 heavy (non-hydrogen) atoms. The molecule has 5 heterocycles. The first-order valence-electron chi connectivity index (χ1n) is 11.8. The van der Waals surface area contributed by atoms with Crippen LogP contribution in [-0.4, -0.2) is 61.5 Å². The Kier molecular flexibility index (Phi) is 6.69. The molecule has 0 bridgehead atoms. The molecule has 0 N–H and O–H groups in total. The molecule has 2 atom stereocenters. The number of carbonyl (C=O) groups is 2. The number of benzene rings is 1. The third kappa shape index (κ3) is 4.22. The zero-order chi connectivity index (χ0) is 27.3. The van der Waals surface area contributed by atoms with Crippen molar-refractivity contribution in [2.45, 2.75) is 22.2 Å². The van der Waals surface area contributed by atoms with Crippen molar-refractivity contribution in [3.05, 3.63) is 80.1 Å². The van der Waals surface area contributed by atoms with Crippen LogP contribution in [0.15, 0.2) is 44.8 Å². The largest absolute Gasteiger partial charge is 0.510 e. The van der Waals surface area contributed by atoms with Crippen molar-refractivity contribution in [3.8, 4) is 5.75 Å². The summed E-state index contributed by atoms with van der Waals surface area (Å²) >= 11 is 2.90. The summed E-state index contributed by atoms with van der Waals surface area (Å²) in [6, 6.07) is 5.12. The summed E-state index contributed by atoms with van der Waals surface area (Å²) < 4.78 is 52.4. The average molecular weight is 578 g/mol. The van der Waals surface area contributed by atoms with Crippen LogP contribution in [0.25, 0.3) is 0 Å². The Bertz CT molecular complexity index is 1530. The Morgan fingerprint density at radius 1 is 1.18 bits per heavy atom. The normalized spacial score (nSPS) is 19.8. The summed E-state index contributed by atoms with van der Waals surface area (Å²) in [5.74, 6) is -2.45. The lowest BCUT2D eigenvalue weighted by molar-refractivity contribution is -0.0209. The van der Waals surface area contributed by atoms with Gasteiger partial charge in [-0.25, -0.2) is 13.6 Å². The number of methoxy groups -OCH3 is 1. The number of fused-ring (bicyclic) bond motifs is 4. The Labute approximate surface area is 228 Å². The maximum absolute atomic E-state index is 15.2. The number of halogens is 2. The maximum atomic E-state index is 15.2. The minimum Gasteiger partial charge on any atom is -0.451 e. The number of morpholine rings is 1. The fraction of sp³-hybridized carbons (Fsp3) is 0.320. The molecule has 204 valence electrons. The molecule has 2 unspecified atom stereocenters. The van der Waals surface area contributed by atoms with E-state index in [4.69, 9.17) is 14.2 Å². The molecule has 0 saturated carbocycles. The van der Waals surface area contributed by atoms with Gasteiger partial charge < -0.3 is 23.8 Å². The Hall–Kier alpha value is -3.62. The summed E-state index contributed by atoms with van der Waals surface area (Å²) in [5.41, 5.74) is 0.900. The summed E-state index contributed by atoms with van der Waals surface area (Å²) in [5, 5.41) is 3.75. The number of hydrogen-bond donors (Lipinski definition) is 0. The van der Waals surface area contributed by atoms with Gasteiger partial charge in [0, 0.05) is 35.7 Å². The zero-order valence-electron chi connectivity index (χ0n) is 20.4. The molecular formula is C25H21F2N3O7S2. The van der Waals surface area contributed by atoms with Crippen molar-refractivity contribution in [1.29, 1.82) is 0 Å². The first kappa shape index (κ1) is 25.6. The molecule has 2 aromatic heterocycles. The molecule has 1 saturated heterocycles. The highest BCUT2D eigenvalue weighted by atomic mass is 32.2. The molecule has 1 fully saturated rings. The standard InChI is InChI=1S/C25H21F2N3O7S2/c1-34-25(33)37-12-36-22-17(31)4-6-29-21(22)23(32)28-7-8-35-10-18(28)30(29)20-13-2-3-16(26)19(27)15(13)11-39-24-14(20)5-9-38-24/h2-6,9,18,20H,7-8,10-12H2,1H3. The van der Waals surface area contributed by atoms with Crippen molar-refractivity contribution < 1.29 is 37.3 Å². The van der Waals surface area contributed by atoms with E-state index in [0.29, 0.717) is 5.56 Å². The van der Waals surface area contributed by atoms with Crippen LogP contribution in [0.4, 0.5) is 13.6 Å². The van der Waals surface area contributed by atoms with Gasteiger partial charge in [0.2, 0.25) is 18.0 Å². The lowest BCUT2D eigenvalue weighted by Gasteiger charge is -2.51. The van der Waals surface area contributed by atoms with Crippen LogP contribution < -0.4 is 15.2 Å². The number of carbonyl (C=O) groups excluding carboxylic acids is 2. The predicted octanol–water partition coefficient (Wildman–Crippen LogP) is 3.45. The van der Waals surface area contributed by atoms with Gasteiger partial charge in [0.15, 0.2) is 17.3 Å². The number of thioether (sulfide) groups is 1. The summed E-state index contributed by atoms with van der Waals surface area (Å²) in [6.07, 6.45) is -0.214. The van der Waals surface area contributed by atoms with Crippen molar-refractivity contribution in [2.24, 2.45) is 0 Å². The van der Waals surface area contributed by atoms with E-state index in [1.807, 2.05) is 16.5 Å². The number of amides is 1. The molecule has 0 radical (unpaired) electrons. The van der Waals surface area contributed by atoms with E-state index in [1.54, 1.807) is 11.0 Å². The maximum Gasteiger partial charge on any atom is 0.510 e. The molecule has 3 aromatic rings. The van der Waals surface area contributed by atoms with Crippen LogP contribution in [0.3, 0.4) is 0 Å². The van der Waals surface area contributed by atoms with Crippen LogP contribution in [0.5, 0.6) is 5.75 Å². The molecular weight excluding hydrogens is 556 g/mol. The van der Waals surface area contributed by atoms with Crippen LogP contribution in [-0.2, 0) is 20.0 Å². The predicted molar refractivity (Wildman–Crippen MR) is 136 cm³/mol. The second-order valence-electron chi connectivity index (χ2n) is 8.78. The highest BCUT2D eigenvalue weighted by Gasteiger charge is 2.46. The van der Waals surface area contributed by atoms with Crippen molar-refractivity contribution >= 4 is 35.2 Å². The summed E-state index contributed by atoms with van der Waals surface area (Å²) in [4.78, 5) is 39.7. The Morgan fingerprint density at radius 2 is 2.03 bits per heavy atom. The summed E-state index contributed by atoms with van der Waals surface area (Å²) in [7, 11) is 1.12. The minimum atomic E-state index is -1.02. The second-order valence-corrected chi connectivity index (χ2v) is 10.9. The van der Waals surface area contributed by atoms with E-state index >= 15 is 4.39 Å². The molecule has 14 heteroatoms. The number of nitrogens with zero attached hydrogens (tertiary/aromatic N) is 3. The van der Waals surface area contributed by atoms with Gasteiger partial charge in [-0.15, -0.1) is 23.1 Å². The van der Waals surface area contributed by atoms with E-state index in [9.17, 15) is 18.8 Å². The molecule has 3 aliphatic rings. The third-order valence-electron chi connectivity index (χ3n) is 6.79. The SMILES string of the molecule is COC(=O)OCOc1c2n(ccc1=O)N(C1c3ccsc3SCc3c1ccc(F)c3F)C1COCCN1C2=O. The first-order chi connectivity index (χ1) is 18.9. The molecule has 3 aliphatic heterocycles. The van der Waals surface area contributed by atoms with E-state index in [1.165, 1.54) is 40.0 Å². The van der Waals surface area contributed by atoms with Gasteiger partial charge in [-0.2, -0.15) is 0 Å². The molecule has 1 aromatic carbocycles. The van der Waals surface area contributed by atoms with Gasteiger partial charge >= 0.3 is 6.16 Å². The van der Waals surface area contributed by atoms with Gasteiger partial charge in [0.1, 0.15) is 12.2 Å². The third-order valence-corrected chi connectivity index (χ3v) is 9.09. The lowest BCUT2D eigenvalue weighted by Crippen LogP contribution is -2.66. The van der Waals surface area contributed by atoms with E-state index in [0.717, 1.165) is 22.9 Å². The van der Waals surface area contributed by atoms with Gasteiger partial charge in [-0.05, 0) is 23.1 Å². The van der Waals surface area contributed by atoms with Crippen LogP contribution in [0, 0.1) is 11.6 Å². The van der Waals surface area contributed by atoms with Gasteiger partial charge in [-0.1, -0.05) is 6.07 Å². The quantitative estimate of drug-likeness (QED) is 0.341. The monoisotopic (exact) mass is 577 g/mol. The average Bonchev–Trinajstić information content (AvgIpc) is 3.35. The van der Waals surface area contributed by atoms with Gasteiger partial charge in [-0.3, -0.25) is 19.3 Å². The number of thiophene rings is 1. The number of hydrogen-bond acceptors (Lipinski definition) is 10. The molecule has 0 spiro atoms. The lowest BCUT2D eigenvalue weighted by atomic mass is 9.94. The van der Waals surface area contributed by atoms with Crippen LogP contribution in [0.1, 0.15) is 33.2 Å². The second kappa shape index (κ2) is 10.2. The highest BCUT2D eigenvalue weighted by Crippen LogP contribution is 2.47. The Balaban J connectivity index is 1.56. The highest BCUT2D eigenvalue weighted by molar-refractivity contribution is 8.00. The van der Waals surface area contributed by atoms with Crippen LogP contribution >= 0.6 is 23.1 Å². The van der Waals surface area contributed by atoms with Crippen molar-refractivity contribution in [2.75, 3.05) is 38.7 Å². The van der Waals surface area contributed by atoms with Crippen LogP contribution in [0.2, 0.25) is 0 Å². The number of ether oxygens (including phenoxy) is 4. The topological polar surface area (TPSA) is 99.5 Å². The smallest absolute Gasteiger partial charge is 0.451 e. The number of rotatable bonds is 4. The number of aromatic nitrogens is 1. The molecule has 6 rings (SSSR count). The van der Waals surface area contributed by atoms with E-state index in [-0.39, 0.29) is 42.5 Å². The van der Waals surface area contributed by atoms with E-state index < -0.39 is 48.1 Å². The van der Waals surface area contributed by atoms with Gasteiger partial charge in [0.25, 0.3) is 5.91 Å². The first-order valence-corrected chi connectivity index (χ1v) is 13.7. The zero-order valence-corrected chi connectivity index (χ0v) is 22.1. The minimum absolute atomic E-state index is 0.0908. The molecule has 1 amide bonds.